The molecule has 4 rings (SSSR count). The number of piperidine rings is 1. The van der Waals surface area contributed by atoms with Gasteiger partial charge >= 0.3 is 0 Å². The lowest BCUT2D eigenvalue weighted by molar-refractivity contribution is 0.0347. The number of hydrogen-bond donors (Lipinski definition) is 0. The molecule has 0 N–H and O–H groups in total. The lowest BCUT2D eigenvalue weighted by Gasteiger charge is -2.38. The SMILES string of the molecule is COc1cc(C(=O)N2C3CCC2CC(Oc2ccccn2)C3)cc(OC)c1OC. The first-order chi connectivity index (χ1) is 14.1. The van der Waals surface area contributed by atoms with Crippen molar-refractivity contribution in [2.45, 2.75) is 43.9 Å². The lowest BCUT2D eigenvalue weighted by Crippen LogP contribution is -2.49. The Morgan fingerprint density at radius 1 is 1.00 bits per heavy atom. The molecule has 7 heteroatoms. The van der Waals surface area contributed by atoms with Crippen molar-refractivity contribution < 1.29 is 23.7 Å². The topological polar surface area (TPSA) is 70.1 Å². The summed E-state index contributed by atoms with van der Waals surface area (Å²) >= 11 is 0. The number of fused-ring (bicyclic) bond motifs is 2. The van der Waals surface area contributed by atoms with Gasteiger partial charge < -0.3 is 23.8 Å². The molecule has 2 atom stereocenters. The van der Waals surface area contributed by atoms with Gasteiger partial charge in [0.25, 0.3) is 5.91 Å². The van der Waals surface area contributed by atoms with Crippen molar-refractivity contribution in [2.75, 3.05) is 21.3 Å². The van der Waals surface area contributed by atoms with Crippen LogP contribution in [-0.4, -0.2) is 55.3 Å². The van der Waals surface area contributed by atoms with Crippen LogP contribution in [0.3, 0.4) is 0 Å². The van der Waals surface area contributed by atoms with Gasteiger partial charge in [-0.15, -0.1) is 0 Å². The molecule has 7 nitrogen and oxygen atoms in total. The average Bonchev–Trinajstić information content (AvgIpc) is 3.03. The number of rotatable bonds is 6. The number of carbonyl (C=O) groups is 1. The summed E-state index contributed by atoms with van der Waals surface area (Å²) < 4.78 is 22.2. The minimum absolute atomic E-state index is 0.00645. The van der Waals surface area contributed by atoms with Crippen LogP contribution in [0.15, 0.2) is 36.5 Å². The first-order valence-corrected chi connectivity index (χ1v) is 9.85. The number of carbonyl (C=O) groups excluding carboxylic acids is 1. The van der Waals surface area contributed by atoms with Crippen LogP contribution in [0.5, 0.6) is 23.1 Å². The van der Waals surface area contributed by atoms with Crippen molar-refractivity contribution in [1.82, 2.24) is 9.88 Å². The highest BCUT2D eigenvalue weighted by Gasteiger charge is 2.44. The smallest absolute Gasteiger partial charge is 0.254 e. The fourth-order valence-corrected chi connectivity index (χ4v) is 4.50. The van der Waals surface area contributed by atoms with Crippen LogP contribution in [0.1, 0.15) is 36.0 Å². The standard InChI is InChI=1S/C22H26N2O5/c1-26-18-10-14(11-19(27-2)21(18)28-3)22(25)24-15-7-8-16(24)13-17(12-15)29-20-6-4-5-9-23-20/h4-6,9-11,15-17H,7-8,12-13H2,1-3H3. The number of nitrogens with zero attached hydrogens (tertiary/aromatic N) is 2. The van der Waals surface area contributed by atoms with Crippen molar-refractivity contribution in [1.29, 1.82) is 0 Å². The Morgan fingerprint density at radius 3 is 2.17 bits per heavy atom. The zero-order chi connectivity index (χ0) is 20.4. The minimum Gasteiger partial charge on any atom is -0.493 e. The Bertz CT molecular complexity index is 834. The van der Waals surface area contributed by atoms with Crippen LogP contribution < -0.4 is 18.9 Å². The van der Waals surface area contributed by atoms with E-state index in [2.05, 4.69) is 4.98 Å². The van der Waals surface area contributed by atoms with E-state index in [0.29, 0.717) is 28.7 Å². The van der Waals surface area contributed by atoms with E-state index in [-0.39, 0.29) is 24.1 Å². The van der Waals surface area contributed by atoms with Crippen molar-refractivity contribution in [3.05, 3.63) is 42.1 Å². The molecule has 1 amide bonds. The summed E-state index contributed by atoms with van der Waals surface area (Å²) in [5.41, 5.74) is 0.542. The fourth-order valence-electron chi connectivity index (χ4n) is 4.50. The van der Waals surface area contributed by atoms with E-state index in [4.69, 9.17) is 18.9 Å². The van der Waals surface area contributed by atoms with Gasteiger partial charge in [-0.25, -0.2) is 4.98 Å². The third kappa shape index (κ3) is 3.69. The highest BCUT2D eigenvalue weighted by molar-refractivity contribution is 5.96. The summed E-state index contributed by atoms with van der Waals surface area (Å²) in [5, 5.41) is 0. The molecule has 2 aliphatic heterocycles. The predicted molar refractivity (Wildman–Crippen MR) is 107 cm³/mol. The van der Waals surface area contributed by atoms with E-state index in [1.165, 1.54) is 0 Å². The number of amides is 1. The normalized spacial score (nSPS) is 22.9. The Kier molecular flexibility index (Phi) is 5.47. The molecule has 1 aromatic heterocycles. The highest BCUT2D eigenvalue weighted by atomic mass is 16.5. The van der Waals surface area contributed by atoms with Crippen LogP contribution in [0.4, 0.5) is 0 Å². The summed E-state index contributed by atoms with van der Waals surface area (Å²) in [6.07, 6.45) is 5.40. The Morgan fingerprint density at radius 2 is 1.66 bits per heavy atom. The summed E-state index contributed by atoms with van der Waals surface area (Å²) in [4.78, 5) is 19.7. The Labute approximate surface area is 170 Å². The van der Waals surface area contributed by atoms with Crippen LogP contribution in [0.25, 0.3) is 0 Å². The molecule has 2 bridgehead atoms. The fraction of sp³-hybridized carbons (Fsp3) is 0.455. The molecule has 3 heterocycles. The van der Waals surface area contributed by atoms with Crippen LogP contribution in [-0.2, 0) is 0 Å². The second-order valence-electron chi connectivity index (χ2n) is 7.39. The van der Waals surface area contributed by atoms with E-state index in [1.54, 1.807) is 39.7 Å². The quantitative estimate of drug-likeness (QED) is 0.744. The molecule has 0 spiro atoms. The summed E-state index contributed by atoms with van der Waals surface area (Å²) in [7, 11) is 4.65. The first kappa shape index (κ1) is 19.4. The highest BCUT2D eigenvalue weighted by Crippen LogP contribution is 2.41. The van der Waals surface area contributed by atoms with Gasteiger partial charge in [-0.05, 0) is 31.0 Å². The monoisotopic (exact) mass is 398 g/mol. The number of aromatic nitrogens is 1. The number of benzene rings is 1. The van der Waals surface area contributed by atoms with Gasteiger partial charge in [0.05, 0.1) is 21.3 Å². The van der Waals surface area contributed by atoms with Gasteiger partial charge in [0.15, 0.2) is 11.5 Å². The summed E-state index contributed by atoms with van der Waals surface area (Å²) in [6, 6.07) is 9.42. The van der Waals surface area contributed by atoms with Crippen molar-refractivity contribution in [2.24, 2.45) is 0 Å². The van der Waals surface area contributed by atoms with Crippen LogP contribution in [0.2, 0.25) is 0 Å². The molecule has 1 aromatic carbocycles. The maximum atomic E-state index is 13.4. The molecule has 0 aliphatic carbocycles. The number of pyridine rings is 1. The van der Waals surface area contributed by atoms with Crippen molar-refractivity contribution >= 4 is 5.91 Å². The van der Waals surface area contributed by atoms with Crippen LogP contribution in [0, 0.1) is 0 Å². The Balaban J connectivity index is 1.53. The second-order valence-corrected chi connectivity index (χ2v) is 7.39. The summed E-state index contributed by atoms with van der Waals surface area (Å²) in [5.74, 6) is 2.08. The molecule has 2 aliphatic rings. The first-order valence-electron chi connectivity index (χ1n) is 9.85. The molecule has 2 fully saturated rings. The van der Waals surface area contributed by atoms with Crippen molar-refractivity contribution in [3.8, 4) is 23.1 Å². The number of hydrogen-bond acceptors (Lipinski definition) is 6. The molecular formula is C22H26N2O5. The van der Waals surface area contributed by atoms with Gasteiger partial charge in [0.2, 0.25) is 11.6 Å². The molecule has 2 aromatic rings. The summed E-state index contributed by atoms with van der Waals surface area (Å²) in [6.45, 7) is 0. The van der Waals surface area contributed by atoms with E-state index < -0.39 is 0 Å². The van der Waals surface area contributed by atoms with Gasteiger partial charge in [0, 0.05) is 42.8 Å². The molecule has 154 valence electrons. The largest absolute Gasteiger partial charge is 0.493 e. The zero-order valence-electron chi connectivity index (χ0n) is 17.0. The predicted octanol–water partition coefficient (Wildman–Crippen LogP) is 3.32. The van der Waals surface area contributed by atoms with Gasteiger partial charge in [-0.3, -0.25) is 4.79 Å². The van der Waals surface area contributed by atoms with Gasteiger partial charge in [-0.2, -0.15) is 0 Å². The van der Waals surface area contributed by atoms with E-state index >= 15 is 0 Å². The van der Waals surface area contributed by atoms with E-state index in [0.717, 1.165) is 25.7 Å². The van der Waals surface area contributed by atoms with Crippen molar-refractivity contribution in [3.63, 3.8) is 0 Å². The maximum Gasteiger partial charge on any atom is 0.254 e. The molecule has 0 radical (unpaired) electrons. The lowest BCUT2D eigenvalue weighted by atomic mass is 9.98. The molecule has 0 saturated carbocycles. The second kappa shape index (κ2) is 8.19. The van der Waals surface area contributed by atoms with Gasteiger partial charge in [-0.1, -0.05) is 6.07 Å². The maximum absolute atomic E-state index is 13.4. The van der Waals surface area contributed by atoms with E-state index in [1.807, 2.05) is 23.1 Å². The third-order valence-electron chi connectivity index (χ3n) is 5.76. The Hall–Kier alpha value is -2.96. The average molecular weight is 398 g/mol. The van der Waals surface area contributed by atoms with Crippen LogP contribution >= 0.6 is 0 Å². The molecular weight excluding hydrogens is 372 g/mol. The van der Waals surface area contributed by atoms with Gasteiger partial charge in [0.1, 0.15) is 6.10 Å². The molecule has 2 saturated heterocycles. The number of methoxy groups -OCH3 is 3. The minimum atomic E-state index is -0.00645. The molecule has 29 heavy (non-hydrogen) atoms. The number of ether oxygens (including phenoxy) is 4. The van der Waals surface area contributed by atoms with E-state index in [9.17, 15) is 4.79 Å². The third-order valence-corrected chi connectivity index (χ3v) is 5.76. The molecule has 2 unspecified atom stereocenters. The zero-order valence-corrected chi connectivity index (χ0v) is 17.0.